The molecule has 1 amide bonds. The van der Waals surface area contributed by atoms with Gasteiger partial charge < -0.3 is 10.0 Å². The van der Waals surface area contributed by atoms with Gasteiger partial charge in [-0.1, -0.05) is 25.0 Å². The van der Waals surface area contributed by atoms with Crippen LogP contribution in [0.4, 0.5) is 0 Å². The number of allylic oxidation sites excluding steroid dienone is 2. The predicted molar refractivity (Wildman–Crippen MR) is 75.0 cm³/mol. The lowest BCUT2D eigenvalue weighted by Crippen LogP contribution is -2.46. The second-order valence-electron chi connectivity index (χ2n) is 6.57. The van der Waals surface area contributed by atoms with Crippen molar-refractivity contribution in [3.8, 4) is 0 Å². The zero-order valence-corrected chi connectivity index (χ0v) is 12.0. The van der Waals surface area contributed by atoms with E-state index in [-0.39, 0.29) is 29.7 Å². The van der Waals surface area contributed by atoms with E-state index in [9.17, 15) is 14.7 Å². The van der Waals surface area contributed by atoms with Crippen LogP contribution < -0.4 is 0 Å². The van der Waals surface area contributed by atoms with Crippen molar-refractivity contribution in [3.05, 3.63) is 12.2 Å². The summed E-state index contributed by atoms with van der Waals surface area (Å²) in [6, 6.07) is 0.252. The monoisotopic (exact) mass is 277 g/mol. The average molecular weight is 277 g/mol. The van der Waals surface area contributed by atoms with Crippen LogP contribution in [0.1, 0.15) is 39.0 Å². The fourth-order valence-corrected chi connectivity index (χ4v) is 4.29. The minimum atomic E-state index is -0.803. The summed E-state index contributed by atoms with van der Waals surface area (Å²) < 4.78 is 0. The van der Waals surface area contributed by atoms with Gasteiger partial charge in [0.15, 0.2) is 0 Å². The maximum Gasteiger partial charge on any atom is 0.307 e. The van der Waals surface area contributed by atoms with Crippen molar-refractivity contribution < 1.29 is 14.7 Å². The van der Waals surface area contributed by atoms with Crippen molar-refractivity contribution in [3.63, 3.8) is 0 Å². The number of carboxylic acids is 1. The Balaban J connectivity index is 1.82. The van der Waals surface area contributed by atoms with E-state index >= 15 is 0 Å². The number of likely N-dealkylation sites (tertiary alicyclic amines) is 1. The SMILES string of the molecule is CC1CCCCCN1C(=O)C1C2C=CC(C2)C1C(=O)O. The summed E-state index contributed by atoms with van der Waals surface area (Å²) in [5, 5.41) is 9.47. The number of rotatable bonds is 2. The highest BCUT2D eigenvalue weighted by Crippen LogP contribution is 2.49. The van der Waals surface area contributed by atoms with Gasteiger partial charge in [0, 0.05) is 12.6 Å². The van der Waals surface area contributed by atoms with E-state index in [1.54, 1.807) is 0 Å². The highest BCUT2D eigenvalue weighted by molar-refractivity contribution is 5.87. The zero-order valence-electron chi connectivity index (χ0n) is 12.0. The standard InChI is InChI=1S/C16H23NO3/c1-10-5-3-2-4-8-17(10)15(18)13-11-6-7-12(9-11)14(13)16(19)20/h6-7,10-14H,2-5,8-9H2,1H3,(H,19,20). The van der Waals surface area contributed by atoms with Gasteiger partial charge in [-0.3, -0.25) is 9.59 Å². The first-order chi connectivity index (χ1) is 9.59. The molecule has 1 heterocycles. The van der Waals surface area contributed by atoms with E-state index in [1.807, 2.05) is 11.0 Å². The van der Waals surface area contributed by atoms with Crippen LogP contribution in [0.15, 0.2) is 12.2 Å². The third-order valence-electron chi connectivity index (χ3n) is 5.37. The van der Waals surface area contributed by atoms with Gasteiger partial charge in [0.2, 0.25) is 5.91 Å². The summed E-state index contributed by atoms with van der Waals surface area (Å²) in [6.07, 6.45) is 9.34. The largest absolute Gasteiger partial charge is 0.481 e. The first-order valence-electron chi connectivity index (χ1n) is 7.81. The molecule has 0 aromatic heterocycles. The van der Waals surface area contributed by atoms with Crippen molar-refractivity contribution in [2.75, 3.05) is 6.54 Å². The molecule has 0 aromatic rings. The molecular weight excluding hydrogens is 254 g/mol. The second kappa shape index (κ2) is 5.23. The molecule has 4 nitrogen and oxygen atoms in total. The van der Waals surface area contributed by atoms with E-state index < -0.39 is 11.9 Å². The number of carbonyl (C=O) groups is 2. The van der Waals surface area contributed by atoms with Gasteiger partial charge in [-0.25, -0.2) is 0 Å². The van der Waals surface area contributed by atoms with Crippen LogP contribution in [-0.4, -0.2) is 34.5 Å². The van der Waals surface area contributed by atoms with Crippen molar-refractivity contribution in [1.29, 1.82) is 0 Å². The van der Waals surface area contributed by atoms with E-state index in [1.165, 1.54) is 12.8 Å². The van der Waals surface area contributed by atoms with Crippen LogP contribution in [0.25, 0.3) is 0 Å². The summed E-state index contributed by atoms with van der Waals surface area (Å²) in [4.78, 5) is 26.4. The molecule has 1 saturated carbocycles. The van der Waals surface area contributed by atoms with Gasteiger partial charge in [-0.2, -0.15) is 0 Å². The highest BCUT2D eigenvalue weighted by Gasteiger charge is 2.52. The quantitative estimate of drug-likeness (QED) is 0.788. The predicted octanol–water partition coefficient (Wildman–Crippen LogP) is 2.30. The lowest BCUT2D eigenvalue weighted by molar-refractivity contribution is -0.151. The Morgan fingerprint density at radius 2 is 1.80 bits per heavy atom. The molecule has 5 atom stereocenters. The number of fused-ring (bicyclic) bond motifs is 2. The molecule has 3 rings (SSSR count). The number of nitrogens with zero attached hydrogens (tertiary/aromatic N) is 1. The van der Waals surface area contributed by atoms with Crippen LogP contribution in [0.5, 0.6) is 0 Å². The van der Waals surface area contributed by atoms with Crippen molar-refractivity contribution in [1.82, 2.24) is 4.90 Å². The molecule has 1 saturated heterocycles. The van der Waals surface area contributed by atoms with Gasteiger partial charge >= 0.3 is 5.97 Å². The molecule has 5 unspecified atom stereocenters. The number of carboxylic acid groups (broad SMARTS) is 1. The molecule has 4 heteroatoms. The molecule has 2 bridgehead atoms. The molecule has 3 aliphatic rings. The fourth-order valence-electron chi connectivity index (χ4n) is 4.29. The average Bonchev–Trinajstić information content (AvgIpc) is 2.95. The lowest BCUT2D eigenvalue weighted by Gasteiger charge is -2.33. The molecule has 2 aliphatic carbocycles. The maximum absolute atomic E-state index is 12.9. The van der Waals surface area contributed by atoms with Crippen molar-refractivity contribution in [2.45, 2.75) is 45.1 Å². The molecule has 110 valence electrons. The Kier molecular flexibility index (Phi) is 3.57. The number of amides is 1. The molecule has 1 N–H and O–H groups in total. The number of hydrogen-bond donors (Lipinski definition) is 1. The number of aliphatic carboxylic acids is 1. The smallest absolute Gasteiger partial charge is 0.307 e. The van der Waals surface area contributed by atoms with Gasteiger partial charge in [-0.05, 0) is 38.0 Å². The van der Waals surface area contributed by atoms with Crippen LogP contribution in [0.2, 0.25) is 0 Å². The van der Waals surface area contributed by atoms with E-state index in [0.717, 1.165) is 25.8 Å². The van der Waals surface area contributed by atoms with Crippen LogP contribution in [-0.2, 0) is 9.59 Å². The summed E-state index contributed by atoms with van der Waals surface area (Å²) in [6.45, 7) is 2.89. The molecule has 2 fully saturated rings. The molecule has 0 aromatic carbocycles. The number of carbonyl (C=O) groups excluding carboxylic acids is 1. The lowest BCUT2D eigenvalue weighted by atomic mass is 9.82. The zero-order chi connectivity index (χ0) is 14.3. The Labute approximate surface area is 119 Å². The Morgan fingerprint density at radius 1 is 1.10 bits per heavy atom. The van der Waals surface area contributed by atoms with Crippen molar-refractivity contribution in [2.24, 2.45) is 23.7 Å². The summed E-state index contributed by atoms with van der Waals surface area (Å²) in [5.74, 6) is -1.35. The van der Waals surface area contributed by atoms with E-state index in [4.69, 9.17) is 0 Å². The third-order valence-corrected chi connectivity index (χ3v) is 5.37. The van der Waals surface area contributed by atoms with Gasteiger partial charge in [-0.15, -0.1) is 0 Å². The van der Waals surface area contributed by atoms with E-state index in [0.29, 0.717) is 0 Å². The molecule has 1 aliphatic heterocycles. The van der Waals surface area contributed by atoms with Crippen LogP contribution >= 0.6 is 0 Å². The molecule has 0 radical (unpaired) electrons. The third kappa shape index (κ3) is 2.15. The first-order valence-corrected chi connectivity index (χ1v) is 7.81. The Hall–Kier alpha value is -1.32. The highest BCUT2D eigenvalue weighted by atomic mass is 16.4. The fraction of sp³-hybridized carbons (Fsp3) is 0.750. The maximum atomic E-state index is 12.9. The van der Waals surface area contributed by atoms with Gasteiger partial charge in [0.05, 0.1) is 11.8 Å². The molecule has 20 heavy (non-hydrogen) atoms. The minimum Gasteiger partial charge on any atom is -0.481 e. The van der Waals surface area contributed by atoms with Crippen LogP contribution in [0.3, 0.4) is 0 Å². The summed E-state index contributed by atoms with van der Waals surface area (Å²) >= 11 is 0. The van der Waals surface area contributed by atoms with Crippen molar-refractivity contribution >= 4 is 11.9 Å². The topological polar surface area (TPSA) is 57.6 Å². The molecular formula is C16H23NO3. The summed E-state index contributed by atoms with van der Waals surface area (Å²) in [7, 11) is 0. The first kappa shape index (κ1) is 13.7. The molecule has 0 spiro atoms. The Bertz CT molecular complexity index is 445. The van der Waals surface area contributed by atoms with E-state index in [2.05, 4.69) is 13.0 Å². The summed E-state index contributed by atoms with van der Waals surface area (Å²) in [5.41, 5.74) is 0. The Morgan fingerprint density at radius 3 is 2.50 bits per heavy atom. The normalized spacial score (nSPS) is 39.9. The second-order valence-corrected chi connectivity index (χ2v) is 6.57. The van der Waals surface area contributed by atoms with Gasteiger partial charge in [0.1, 0.15) is 0 Å². The van der Waals surface area contributed by atoms with Crippen LogP contribution in [0, 0.1) is 23.7 Å². The van der Waals surface area contributed by atoms with Gasteiger partial charge in [0.25, 0.3) is 0 Å². The minimum absolute atomic E-state index is 0.0636. The number of hydrogen-bond acceptors (Lipinski definition) is 2.